The molecule has 0 atom stereocenters. The van der Waals surface area contributed by atoms with Gasteiger partial charge in [-0.2, -0.15) is 0 Å². The standard InChI is InChI=1S/C19H27N3O2S/c1-5-20(6-2)14-22-18(23)17(25-19(22)24)13-15-9-11-16(12-10-15)21(7-3)8-4/h9-13H,5-8,14H2,1-4H3/b17-13+. The number of hydrogen-bond donors (Lipinski definition) is 0. The molecule has 0 bridgehead atoms. The van der Waals surface area contributed by atoms with Crippen LogP contribution in [0.1, 0.15) is 33.3 Å². The molecule has 136 valence electrons. The Balaban J connectivity index is 2.13. The zero-order valence-corrected chi connectivity index (χ0v) is 16.3. The summed E-state index contributed by atoms with van der Waals surface area (Å²) in [5.41, 5.74) is 2.10. The summed E-state index contributed by atoms with van der Waals surface area (Å²) in [6.07, 6.45) is 1.80. The first-order valence-corrected chi connectivity index (χ1v) is 9.68. The van der Waals surface area contributed by atoms with E-state index in [-0.39, 0.29) is 11.1 Å². The third-order valence-corrected chi connectivity index (χ3v) is 5.34. The first-order chi connectivity index (χ1) is 12.0. The lowest BCUT2D eigenvalue weighted by atomic mass is 10.1. The van der Waals surface area contributed by atoms with Crippen LogP contribution in [0.3, 0.4) is 0 Å². The van der Waals surface area contributed by atoms with Crippen LogP contribution in [0.25, 0.3) is 6.08 Å². The summed E-state index contributed by atoms with van der Waals surface area (Å²) in [4.78, 5) is 30.8. The maximum absolute atomic E-state index is 12.5. The number of anilines is 1. The molecule has 2 amide bonds. The number of thioether (sulfide) groups is 1. The molecule has 0 N–H and O–H groups in total. The zero-order valence-electron chi connectivity index (χ0n) is 15.5. The van der Waals surface area contributed by atoms with Crippen molar-refractivity contribution < 1.29 is 9.59 Å². The highest BCUT2D eigenvalue weighted by Crippen LogP contribution is 2.32. The van der Waals surface area contributed by atoms with Gasteiger partial charge in [0, 0.05) is 18.8 Å². The smallest absolute Gasteiger partial charge is 0.294 e. The molecule has 1 aromatic rings. The first kappa shape index (κ1) is 19.5. The van der Waals surface area contributed by atoms with Crippen LogP contribution in [0, 0.1) is 0 Å². The molecule has 5 nitrogen and oxygen atoms in total. The van der Waals surface area contributed by atoms with E-state index in [0.717, 1.165) is 49.2 Å². The Morgan fingerprint density at radius 1 is 0.960 bits per heavy atom. The molecule has 1 heterocycles. The Morgan fingerprint density at radius 2 is 1.56 bits per heavy atom. The maximum Gasteiger partial charge on any atom is 0.294 e. The van der Waals surface area contributed by atoms with Gasteiger partial charge in [0.1, 0.15) is 0 Å². The fraction of sp³-hybridized carbons (Fsp3) is 0.474. The molecule has 0 aromatic heterocycles. The Bertz CT molecular complexity index is 635. The van der Waals surface area contributed by atoms with E-state index in [1.54, 1.807) is 6.08 Å². The van der Waals surface area contributed by atoms with Crippen LogP contribution < -0.4 is 4.90 Å². The quantitative estimate of drug-likeness (QED) is 0.658. The Labute approximate surface area is 154 Å². The van der Waals surface area contributed by atoms with Crippen molar-refractivity contribution in [2.75, 3.05) is 37.7 Å². The summed E-state index contributed by atoms with van der Waals surface area (Å²) in [5, 5.41) is -0.192. The molecular weight excluding hydrogens is 334 g/mol. The van der Waals surface area contributed by atoms with Gasteiger partial charge in [0.2, 0.25) is 0 Å². The third kappa shape index (κ3) is 4.64. The number of amides is 2. The van der Waals surface area contributed by atoms with Crippen LogP contribution in [-0.4, -0.2) is 53.8 Å². The number of rotatable bonds is 8. The molecule has 0 saturated carbocycles. The largest absolute Gasteiger partial charge is 0.372 e. The van der Waals surface area contributed by atoms with Gasteiger partial charge in [0.05, 0.1) is 11.6 Å². The van der Waals surface area contributed by atoms with E-state index < -0.39 is 0 Å². The molecule has 1 aliphatic rings. The molecule has 0 radical (unpaired) electrons. The van der Waals surface area contributed by atoms with E-state index >= 15 is 0 Å². The van der Waals surface area contributed by atoms with Gasteiger partial charge in [-0.3, -0.25) is 19.4 Å². The number of imide groups is 1. The average molecular weight is 362 g/mol. The lowest BCUT2D eigenvalue weighted by Crippen LogP contribution is -2.40. The summed E-state index contributed by atoms with van der Waals surface area (Å²) in [7, 11) is 0. The summed E-state index contributed by atoms with van der Waals surface area (Å²) >= 11 is 1.02. The molecule has 1 fully saturated rings. The summed E-state index contributed by atoms with van der Waals surface area (Å²) in [6, 6.07) is 8.09. The number of carbonyl (C=O) groups is 2. The molecular formula is C19H27N3O2S. The van der Waals surface area contributed by atoms with E-state index in [0.29, 0.717) is 11.6 Å². The van der Waals surface area contributed by atoms with Crippen LogP contribution in [0.4, 0.5) is 10.5 Å². The van der Waals surface area contributed by atoms with Gasteiger partial charge < -0.3 is 4.90 Å². The number of benzene rings is 1. The fourth-order valence-corrected chi connectivity index (χ4v) is 3.60. The molecule has 1 aliphatic heterocycles. The van der Waals surface area contributed by atoms with Crippen molar-refractivity contribution in [3.05, 3.63) is 34.7 Å². The van der Waals surface area contributed by atoms with Crippen molar-refractivity contribution in [2.24, 2.45) is 0 Å². The molecule has 0 unspecified atom stereocenters. The van der Waals surface area contributed by atoms with E-state index in [9.17, 15) is 9.59 Å². The van der Waals surface area contributed by atoms with Crippen LogP contribution >= 0.6 is 11.8 Å². The lowest BCUT2D eigenvalue weighted by Gasteiger charge is -2.23. The van der Waals surface area contributed by atoms with Crippen molar-refractivity contribution in [2.45, 2.75) is 27.7 Å². The number of nitrogens with zero attached hydrogens (tertiary/aromatic N) is 3. The van der Waals surface area contributed by atoms with E-state index in [4.69, 9.17) is 0 Å². The van der Waals surface area contributed by atoms with Gasteiger partial charge in [-0.15, -0.1) is 0 Å². The second-order valence-electron chi connectivity index (χ2n) is 5.82. The number of hydrogen-bond acceptors (Lipinski definition) is 5. The molecule has 0 aliphatic carbocycles. The predicted molar refractivity (Wildman–Crippen MR) is 106 cm³/mol. The fourth-order valence-electron chi connectivity index (χ4n) is 2.77. The minimum Gasteiger partial charge on any atom is -0.372 e. The van der Waals surface area contributed by atoms with E-state index in [1.807, 2.05) is 26.0 Å². The monoisotopic (exact) mass is 361 g/mol. The van der Waals surface area contributed by atoms with Crippen LogP contribution in [0.15, 0.2) is 29.2 Å². The van der Waals surface area contributed by atoms with Crippen molar-refractivity contribution in [3.63, 3.8) is 0 Å². The minimum absolute atomic E-state index is 0.192. The Hall–Kier alpha value is -1.79. The molecule has 0 spiro atoms. The minimum atomic E-state index is -0.199. The Morgan fingerprint density at radius 3 is 2.08 bits per heavy atom. The highest BCUT2D eigenvalue weighted by Gasteiger charge is 2.35. The van der Waals surface area contributed by atoms with Gasteiger partial charge in [0.15, 0.2) is 0 Å². The highest BCUT2D eigenvalue weighted by molar-refractivity contribution is 8.18. The second-order valence-corrected chi connectivity index (χ2v) is 6.81. The first-order valence-electron chi connectivity index (χ1n) is 8.86. The lowest BCUT2D eigenvalue weighted by molar-refractivity contribution is -0.124. The zero-order chi connectivity index (χ0) is 18.4. The van der Waals surface area contributed by atoms with Crippen LogP contribution in [-0.2, 0) is 4.79 Å². The van der Waals surface area contributed by atoms with E-state index in [2.05, 4.69) is 35.8 Å². The highest BCUT2D eigenvalue weighted by atomic mass is 32.2. The Kier molecular flexibility index (Phi) is 7.08. The average Bonchev–Trinajstić information content (AvgIpc) is 2.89. The normalized spacial score (nSPS) is 16.4. The van der Waals surface area contributed by atoms with Crippen LogP contribution in [0.5, 0.6) is 0 Å². The van der Waals surface area contributed by atoms with Gasteiger partial charge >= 0.3 is 0 Å². The van der Waals surface area contributed by atoms with Crippen molar-refractivity contribution in [3.8, 4) is 0 Å². The molecule has 2 rings (SSSR count). The second kappa shape index (κ2) is 9.06. The molecule has 25 heavy (non-hydrogen) atoms. The summed E-state index contributed by atoms with van der Waals surface area (Å²) < 4.78 is 0. The van der Waals surface area contributed by atoms with Gasteiger partial charge in [-0.05, 0) is 62.5 Å². The topological polar surface area (TPSA) is 43.9 Å². The number of carbonyl (C=O) groups excluding carboxylic acids is 2. The van der Waals surface area contributed by atoms with Crippen molar-refractivity contribution in [1.82, 2.24) is 9.80 Å². The predicted octanol–water partition coefficient (Wildman–Crippen LogP) is 3.87. The molecule has 1 saturated heterocycles. The molecule has 1 aromatic carbocycles. The van der Waals surface area contributed by atoms with Gasteiger partial charge in [-0.1, -0.05) is 26.0 Å². The summed E-state index contributed by atoms with van der Waals surface area (Å²) in [5.74, 6) is -0.199. The van der Waals surface area contributed by atoms with Crippen molar-refractivity contribution >= 4 is 34.7 Å². The third-order valence-electron chi connectivity index (χ3n) is 4.43. The molecule has 6 heteroatoms. The summed E-state index contributed by atoms with van der Waals surface area (Å²) in [6.45, 7) is 12.2. The van der Waals surface area contributed by atoms with Crippen molar-refractivity contribution in [1.29, 1.82) is 0 Å². The SMILES string of the molecule is CCN(CC)CN1C(=O)S/C(=C/c2ccc(N(CC)CC)cc2)C1=O. The van der Waals surface area contributed by atoms with Gasteiger partial charge in [0.25, 0.3) is 11.1 Å². The van der Waals surface area contributed by atoms with Gasteiger partial charge in [-0.25, -0.2) is 0 Å². The van der Waals surface area contributed by atoms with E-state index in [1.165, 1.54) is 4.90 Å². The maximum atomic E-state index is 12.5. The van der Waals surface area contributed by atoms with Crippen LogP contribution in [0.2, 0.25) is 0 Å².